The number of ether oxygens (including phenoxy) is 1. The Morgan fingerprint density at radius 2 is 2.19 bits per heavy atom. The molecule has 0 amide bonds. The summed E-state index contributed by atoms with van der Waals surface area (Å²) >= 11 is 0. The second-order valence-electron chi connectivity index (χ2n) is 6.38. The van der Waals surface area contributed by atoms with Crippen LogP contribution in [0.5, 0.6) is 0 Å². The third kappa shape index (κ3) is 3.45. The van der Waals surface area contributed by atoms with Gasteiger partial charge in [-0.25, -0.2) is 4.98 Å². The molecule has 0 spiro atoms. The van der Waals surface area contributed by atoms with Crippen molar-refractivity contribution in [3.05, 3.63) is 18.4 Å². The minimum absolute atomic E-state index is 0.0733. The second kappa shape index (κ2) is 6.44. The Balaban J connectivity index is 1.70. The molecular weight excluding hydrogens is 270 g/mol. The van der Waals surface area contributed by atoms with Crippen molar-refractivity contribution < 1.29 is 14.3 Å². The molecular formula is C15H25N3O3. The summed E-state index contributed by atoms with van der Waals surface area (Å²) in [6.45, 7) is 4.29. The SMILES string of the molecule is CC1CC(O)NC(OC2CCCC(C)C2c2cnco2)N1. The average Bonchev–Trinajstić information content (AvgIpc) is 2.91. The van der Waals surface area contributed by atoms with E-state index in [0.29, 0.717) is 12.3 Å². The summed E-state index contributed by atoms with van der Waals surface area (Å²) in [5.41, 5.74) is 0. The van der Waals surface area contributed by atoms with E-state index in [1.807, 2.05) is 0 Å². The van der Waals surface area contributed by atoms with Gasteiger partial charge in [0.2, 0.25) is 0 Å². The third-order valence-corrected chi connectivity index (χ3v) is 4.61. The highest BCUT2D eigenvalue weighted by molar-refractivity contribution is 5.06. The maximum atomic E-state index is 9.82. The van der Waals surface area contributed by atoms with E-state index in [2.05, 4.69) is 29.5 Å². The highest BCUT2D eigenvalue weighted by Crippen LogP contribution is 2.39. The fourth-order valence-electron chi connectivity index (χ4n) is 3.58. The lowest BCUT2D eigenvalue weighted by Gasteiger charge is -2.40. The van der Waals surface area contributed by atoms with E-state index in [1.165, 1.54) is 12.8 Å². The van der Waals surface area contributed by atoms with Crippen molar-refractivity contribution in [3.8, 4) is 0 Å². The van der Waals surface area contributed by atoms with E-state index in [1.54, 1.807) is 6.20 Å². The van der Waals surface area contributed by atoms with Gasteiger partial charge in [-0.15, -0.1) is 0 Å². The number of aliphatic hydroxyl groups is 1. The van der Waals surface area contributed by atoms with Crippen molar-refractivity contribution in [3.63, 3.8) is 0 Å². The van der Waals surface area contributed by atoms with E-state index in [0.717, 1.165) is 18.6 Å². The summed E-state index contributed by atoms with van der Waals surface area (Å²) in [6.07, 6.45) is 6.53. The van der Waals surface area contributed by atoms with Gasteiger partial charge in [0.25, 0.3) is 0 Å². The van der Waals surface area contributed by atoms with Crippen LogP contribution in [0.2, 0.25) is 0 Å². The minimum atomic E-state index is -0.518. The Labute approximate surface area is 125 Å². The molecule has 0 radical (unpaired) electrons. The van der Waals surface area contributed by atoms with Gasteiger partial charge in [0.1, 0.15) is 12.0 Å². The normalized spacial score (nSPS) is 41.1. The van der Waals surface area contributed by atoms with Crippen LogP contribution in [0.15, 0.2) is 17.0 Å². The number of nitrogens with one attached hydrogen (secondary N) is 2. The molecule has 1 saturated carbocycles. The van der Waals surface area contributed by atoms with Crippen LogP contribution in [0.3, 0.4) is 0 Å². The number of aliphatic hydroxyl groups excluding tert-OH is 1. The van der Waals surface area contributed by atoms with Gasteiger partial charge >= 0.3 is 0 Å². The van der Waals surface area contributed by atoms with Gasteiger partial charge in [-0.05, 0) is 25.7 Å². The molecule has 21 heavy (non-hydrogen) atoms. The summed E-state index contributed by atoms with van der Waals surface area (Å²) in [6, 6.07) is 0.232. The van der Waals surface area contributed by atoms with Gasteiger partial charge < -0.3 is 14.3 Å². The predicted molar refractivity (Wildman–Crippen MR) is 77.3 cm³/mol. The van der Waals surface area contributed by atoms with Gasteiger partial charge in [-0.3, -0.25) is 10.6 Å². The van der Waals surface area contributed by atoms with E-state index >= 15 is 0 Å². The lowest BCUT2D eigenvalue weighted by molar-refractivity contribution is -0.122. The van der Waals surface area contributed by atoms with Crippen LogP contribution in [-0.4, -0.2) is 34.8 Å². The first-order valence-corrected chi connectivity index (χ1v) is 7.87. The molecule has 1 aliphatic heterocycles. The molecule has 1 aromatic heterocycles. The molecule has 6 unspecified atom stereocenters. The zero-order valence-electron chi connectivity index (χ0n) is 12.7. The van der Waals surface area contributed by atoms with Crippen molar-refractivity contribution in [1.29, 1.82) is 0 Å². The zero-order chi connectivity index (χ0) is 14.8. The maximum absolute atomic E-state index is 9.82. The molecule has 2 aliphatic rings. The van der Waals surface area contributed by atoms with Gasteiger partial charge in [0.15, 0.2) is 12.7 Å². The highest BCUT2D eigenvalue weighted by atomic mass is 16.5. The van der Waals surface area contributed by atoms with E-state index in [-0.39, 0.29) is 24.4 Å². The van der Waals surface area contributed by atoms with Gasteiger partial charge in [-0.2, -0.15) is 0 Å². The fraction of sp³-hybridized carbons (Fsp3) is 0.800. The summed E-state index contributed by atoms with van der Waals surface area (Å²) < 4.78 is 11.7. The summed E-state index contributed by atoms with van der Waals surface area (Å²) in [5, 5.41) is 16.2. The molecule has 3 N–H and O–H groups in total. The van der Waals surface area contributed by atoms with Crippen molar-refractivity contribution in [2.45, 2.75) is 70.2 Å². The Morgan fingerprint density at radius 3 is 2.90 bits per heavy atom. The van der Waals surface area contributed by atoms with Crippen molar-refractivity contribution >= 4 is 0 Å². The molecule has 6 nitrogen and oxygen atoms in total. The Morgan fingerprint density at radius 1 is 1.33 bits per heavy atom. The van der Waals surface area contributed by atoms with Crippen LogP contribution in [-0.2, 0) is 4.74 Å². The largest absolute Gasteiger partial charge is 0.448 e. The average molecular weight is 295 g/mol. The number of aromatic nitrogens is 1. The minimum Gasteiger partial charge on any atom is -0.448 e. The van der Waals surface area contributed by atoms with Crippen molar-refractivity contribution in [2.75, 3.05) is 0 Å². The van der Waals surface area contributed by atoms with Crippen LogP contribution in [0.4, 0.5) is 0 Å². The molecule has 3 rings (SSSR count). The molecule has 6 atom stereocenters. The van der Waals surface area contributed by atoms with E-state index in [9.17, 15) is 5.11 Å². The first-order valence-electron chi connectivity index (χ1n) is 7.87. The predicted octanol–water partition coefficient (Wildman–Crippen LogP) is 1.54. The molecule has 0 bridgehead atoms. The molecule has 6 heteroatoms. The standard InChI is InChI=1S/C15H25N3O3/c1-9-4-3-5-11(14(9)12-7-16-8-20-12)21-15-17-10(2)6-13(19)18-15/h7-11,13-15,17-19H,3-6H2,1-2H3. The van der Waals surface area contributed by atoms with Crippen molar-refractivity contribution in [1.82, 2.24) is 15.6 Å². The number of oxazole rings is 1. The van der Waals surface area contributed by atoms with Crippen molar-refractivity contribution in [2.24, 2.45) is 5.92 Å². The quantitative estimate of drug-likeness (QED) is 0.785. The molecule has 1 aromatic rings. The third-order valence-electron chi connectivity index (χ3n) is 4.61. The van der Waals surface area contributed by atoms with Crippen LogP contribution >= 0.6 is 0 Å². The lowest BCUT2D eigenvalue weighted by atomic mass is 9.77. The molecule has 1 saturated heterocycles. The van der Waals surface area contributed by atoms with E-state index < -0.39 is 6.23 Å². The maximum Gasteiger partial charge on any atom is 0.180 e. The smallest absolute Gasteiger partial charge is 0.180 e. The van der Waals surface area contributed by atoms with Crippen LogP contribution < -0.4 is 10.6 Å². The summed E-state index contributed by atoms with van der Waals surface area (Å²) in [5.74, 6) is 1.62. The zero-order valence-corrected chi connectivity index (χ0v) is 12.7. The van der Waals surface area contributed by atoms with Gasteiger partial charge in [-0.1, -0.05) is 13.3 Å². The topological polar surface area (TPSA) is 79.5 Å². The first kappa shape index (κ1) is 15.0. The van der Waals surface area contributed by atoms with E-state index in [4.69, 9.17) is 9.15 Å². The summed E-state index contributed by atoms with van der Waals surface area (Å²) in [4.78, 5) is 4.04. The lowest BCUT2D eigenvalue weighted by Crippen LogP contribution is -2.59. The number of hydrogen-bond acceptors (Lipinski definition) is 6. The number of hydrogen-bond donors (Lipinski definition) is 3. The monoisotopic (exact) mass is 295 g/mol. The number of nitrogens with zero attached hydrogens (tertiary/aromatic N) is 1. The first-order chi connectivity index (χ1) is 10.1. The Hall–Kier alpha value is -0.950. The van der Waals surface area contributed by atoms with Crippen LogP contribution in [0.1, 0.15) is 51.2 Å². The number of rotatable bonds is 3. The summed E-state index contributed by atoms with van der Waals surface area (Å²) in [7, 11) is 0. The molecule has 0 aromatic carbocycles. The molecule has 1 aliphatic carbocycles. The van der Waals surface area contributed by atoms with Crippen LogP contribution in [0.25, 0.3) is 0 Å². The fourth-order valence-corrected chi connectivity index (χ4v) is 3.58. The molecule has 2 fully saturated rings. The van der Waals surface area contributed by atoms with Gasteiger partial charge in [0.05, 0.1) is 12.3 Å². The molecule has 2 heterocycles. The Bertz CT molecular complexity index is 429. The highest BCUT2D eigenvalue weighted by Gasteiger charge is 2.37. The second-order valence-corrected chi connectivity index (χ2v) is 6.38. The van der Waals surface area contributed by atoms with Crippen LogP contribution in [0, 0.1) is 5.92 Å². The Kier molecular flexibility index (Phi) is 4.59. The van der Waals surface area contributed by atoms with Gasteiger partial charge in [0, 0.05) is 18.4 Å². The molecule has 118 valence electrons.